The van der Waals surface area contributed by atoms with Gasteiger partial charge in [0.25, 0.3) is 5.91 Å². The number of anilines is 2. The van der Waals surface area contributed by atoms with E-state index in [0.29, 0.717) is 49.7 Å². The molecule has 2 aliphatic heterocycles. The number of amides is 3. The molecule has 2 fully saturated rings. The van der Waals surface area contributed by atoms with E-state index < -0.39 is 17.5 Å². The van der Waals surface area contributed by atoms with Gasteiger partial charge in [-0.2, -0.15) is 0 Å². The number of benzene rings is 2. The molecule has 2 aromatic carbocycles. The molecule has 2 aromatic rings. The summed E-state index contributed by atoms with van der Waals surface area (Å²) in [6.07, 6.45) is 1.70. The molecule has 9 heteroatoms. The Morgan fingerprint density at radius 2 is 1.76 bits per heavy atom. The van der Waals surface area contributed by atoms with E-state index in [1.165, 1.54) is 17.0 Å². The van der Waals surface area contributed by atoms with E-state index in [2.05, 4.69) is 5.32 Å². The summed E-state index contributed by atoms with van der Waals surface area (Å²) in [6.45, 7) is 3.45. The Bertz CT molecular complexity index is 1050. The molecule has 0 aromatic heterocycles. The van der Waals surface area contributed by atoms with E-state index in [4.69, 9.17) is 10.5 Å². The highest BCUT2D eigenvalue weighted by atomic mass is 19.1. The first-order valence-corrected chi connectivity index (χ1v) is 11.5. The molecular weight excluding hydrogens is 439 g/mol. The molecule has 0 bridgehead atoms. The van der Waals surface area contributed by atoms with Crippen molar-refractivity contribution in [3.8, 4) is 5.75 Å². The number of imide groups is 1. The second-order valence-corrected chi connectivity index (χ2v) is 8.74. The highest BCUT2D eigenvalue weighted by molar-refractivity contribution is 6.22. The summed E-state index contributed by atoms with van der Waals surface area (Å²) in [7, 11) is 0. The van der Waals surface area contributed by atoms with Gasteiger partial charge in [-0.3, -0.25) is 19.3 Å². The van der Waals surface area contributed by atoms with Gasteiger partial charge in [0, 0.05) is 18.8 Å². The predicted octanol–water partition coefficient (Wildman–Crippen LogP) is 2.68. The number of nitrogens with two attached hydrogens (primary N) is 1. The van der Waals surface area contributed by atoms with Gasteiger partial charge in [-0.05, 0) is 67.8 Å². The molecule has 3 N–H and O–H groups in total. The second-order valence-electron chi connectivity index (χ2n) is 8.74. The van der Waals surface area contributed by atoms with Crippen molar-refractivity contribution in [2.24, 2.45) is 5.73 Å². The maximum atomic E-state index is 13.2. The molecule has 2 saturated heterocycles. The van der Waals surface area contributed by atoms with Crippen LogP contribution >= 0.6 is 0 Å². The minimum Gasteiger partial charge on any atom is -0.494 e. The normalized spacial score (nSPS) is 20.4. The van der Waals surface area contributed by atoms with Crippen LogP contribution in [0.5, 0.6) is 5.75 Å². The number of hydrogen-bond donors (Lipinski definition) is 2. The summed E-state index contributed by atoms with van der Waals surface area (Å²) in [5.41, 5.74) is 5.84. The van der Waals surface area contributed by atoms with Crippen LogP contribution in [0.25, 0.3) is 0 Å². The largest absolute Gasteiger partial charge is 0.494 e. The van der Waals surface area contributed by atoms with Crippen molar-refractivity contribution in [1.29, 1.82) is 0 Å². The number of ether oxygens (including phenoxy) is 1. The van der Waals surface area contributed by atoms with E-state index in [1.807, 2.05) is 11.8 Å². The van der Waals surface area contributed by atoms with Crippen LogP contribution in [0.2, 0.25) is 0 Å². The van der Waals surface area contributed by atoms with Crippen LogP contribution in [0.1, 0.15) is 32.6 Å². The fourth-order valence-electron chi connectivity index (χ4n) is 4.54. The maximum Gasteiger partial charge on any atom is 0.251 e. The Morgan fingerprint density at radius 3 is 2.35 bits per heavy atom. The van der Waals surface area contributed by atoms with E-state index in [0.717, 1.165) is 6.42 Å². The summed E-state index contributed by atoms with van der Waals surface area (Å²) in [4.78, 5) is 41.4. The average Bonchev–Trinajstić information content (AvgIpc) is 3.13. The Hall–Kier alpha value is -3.46. The van der Waals surface area contributed by atoms with Gasteiger partial charge < -0.3 is 15.8 Å². The monoisotopic (exact) mass is 468 g/mol. The van der Waals surface area contributed by atoms with Gasteiger partial charge in [0.05, 0.1) is 24.8 Å². The third-order valence-electron chi connectivity index (χ3n) is 6.48. The summed E-state index contributed by atoms with van der Waals surface area (Å²) in [5.74, 6) is -0.713. The summed E-state index contributed by atoms with van der Waals surface area (Å²) in [5, 5.41) is 3.16. The lowest BCUT2D eigenvalue weighted by atomic mass is 9.85. The van der Waals surface area contributed by atoms with Gasteiger partial charge >= 0.3 is 0 Å². The second kappa shape index (κ2) is 9.80. The van der Waals surface area contributed by atoms with E-state index in [9.17, 15) is 18.8 Å². The molecule has 0 saturated carbocycles. The topological polar surface area (TPSA) is 105 Å². The number of carbonyl (C=O) groups excluding carboxylic acids is 3. The standard InChI is InChI=1S/C25H29FN4O4/c1-2-15-34-20-9-7-19(8-10-20)30-22(31)16-21(23(30)32)29-13-11-25(12-14-29,24(27)33)28-18-5-3-17(26)4-6-18/h3-10,21,28H,2,11-16H2,1H3,(H2,27,33)/t21-/m1/s1. The zero-order valence-corrected chi connectivity index (χ0v) is 19.1. The molecule has 4 rings (SSSR count). The van der Waals surface area contributed by atoms with Gasteiger partial charge in [0.15, 0.2) is 0 Å². The van der Waals surface area contributed by atoms with Crippen LogP contribution in [-0.4, -0.2) is 53.9 Å². The number of hydrogen-bond acceptors (Lipinski definition) is 6. The molecule has 34 heavy (non-hydrogen) atoms. The van der Waals surface area contributed by atoms with Crippen molar-refractivity contribution in [3.05, 3.63) is 54.3 Å². The first-order chi connectivity index (χ1) is 16.3. The number of nitrogens with one attached hydrogen (secondary N) is 1. The van der Waals surface area contributed by atoms with E-state index >= 15 is 0 Å². The van der Waals surface area contributed by atoms with Gasteiger partial charge in [-0.15, -0.1) is 0 Å². The first-order valence-electron chi connectivity index (χ1n) is 11.5. The Balaban J connectivity index is 1.42. The van der Waals surface area contributed by atoms with Crippen molar-refractivity contribution >= 4 is 29.1 Å². The minimum atomic E-state index is -1.01. The van der Waals surface area contributed by atoms with Crippen LogP contribution in [0.15, 0.2) is 48.5 Å². The molecule has 0 radical (unpaired) electrons. The van der Waals surface area contributed by atoms with Gasteiger partial charge in [0.1, 0.15) is 17.1 Å². The minimum absolute atomic E-state index is 0.0852. The smallest absolute Gasteiger partial charge is 0.251 e. The van der Waals surface area contributed by atoms with Crippen LogP contribution in [0.3, 0.4) is 0 Å². The summed E-state index contributed by atoms with van der Waals surface area (Å²) in [6, 6.07) is 12.1. The van der Waals surface area contributed by atoms with E-state index in [1.54, 1.807) is 36.4 Å². The van der Waals surface area contributed by atoms with Crippen LogP contribution in [-0.2, 0) is 14.4 Å². The zero-order chi connectivity index (χ0) is 24.3. The fourth-order valence-corrected chi connectivity index (χ4v) is 4.54. The number of carbonyl (C=O) groups is 3. The lowest BCUT2D eigenvalue weighted by molar-refractivity contribution is -0.125. The third kappa shape index (κ3) is 4.75. The average molecular weight is 469 g/mol. The van der Waals surface area contributed by atoms with Crippen LogP contribution in [0.4, 0.5) is 15.8 Å². The van der Waals surface area contributed by atoms with Crippen molar-refractivity contribution in [2.45, 2.75) is 44.2 Å². The quantitative estimate of drug-likeness (QED) is 0.577. The van der Waals surface area contributed by atoms with Crippen molar-refractivity contribution in [2.75, 3.05) is 29.9 Å². The number of halogens is 1. The molecule has 0 unspecified atom stereocenters. The Morgan fingerprint density at radius 1 is 1.12 bits per heavy atom. The molecule has 2 aliphatic rings. The lowest BCUT2D eigenvalue weighted by Crippen LogP contribution is -2.59. The number of rotatable bonds is 8. The Labute approximate surface area is 197 Å². The Kier molecular flexibility index (Phi) is 6.83. The van der Waals surface area contributed by atoms with Gasteiger partial charge in [-0.25, -0.2) is 9.29 Å². The molecule has 1 atom stereocenters. The van der Waals surface area contributed by atoms with Gasteiger partial charge in [0.2, 0.25) is 11.8 Å². The maximum absolute atomic E-state index is 13.2. The third-order valence-corrected chi connectivity index (χ3v) is 6.48. The molecule has 8 nitrogen and oxygen atoms in total. The van der Waals surface area contributed by atoms with Crippen molar-refractivity contribution in [3.63, 3.8) is 0 Å². The molecule has 0 spiro atoms. The SMILES string of the molecule is CCCOc1ccc(N2C(=O)C[C@@H](N3CCC(Nc4ccc(F)cc4)(C(N)=O)CC3)C2=O)cc1. The van der Waals surface area contributed by atoms with Gasteiger partial charge in [-0.1, -0.05) is 6.92 Å². The summed E-state index contributed by atoms with van der Waals surface area (Å²) >= 11 is 0. The molecule has 180 valence electrons. The molecule has 0 aliphatic carbocycles. The first kappa shape index (κ1) is 23.7. The lowest BCUT2D eigenvalue weighted by Gasteiger charge is -2.42. The highest BCUT2D eigenvalue weighted by Crippen LogP contribution is 2.32. The number of nitrogens with zero attached hydrogens (tertiary/aromatic N) is 2. The zero-order valence-electron chi connectivity index (χ0n) is 19.1. The highest BCUT2D eigenvalue weighted by Gasteiger charge is 2.47. The fraction of sp³-hybridized carbons (Fsp3) is 0.400. The number of piperidine rings is 1. The molecular formula is C25H29FN4O4. The number of primary amides is 1. The van der Waals surface area contributed by atoms with Crippen molar-refractivity contribution < 1.29 is 23.5 Å². The number of likely N-dealkylation sites (tertiary alicyclic amines) is 1. The molecule has 3 amide bonds. The molecule has 2 heterocycles. The van der Waals surface area contributed by atoms with E-state index in [-0.39, 0.29) is 24.1 Å². The van der Waals surface area contributed by atoms with Crippen LogP contribution in [0, 0.1) is 5.82 Å². The van der Waals surface area contributed by atoms with Crippen molar-refractivity contribution in [1.82, 2.24) is 4.90 Å². The summed E-state index contributed by atoms with van der Waals surface area (Å²) < 4.78 is 18.8. The predicted molar refractivity (Wildman–Crippen MR) is 126 cm³/mol. The van der Waals surface area contributed by atoms with Crippen LogP contribution < -0.4 is 20.7 Å².